The van der Waals surface area contributed by atoms with Crippen molar-refractivity contribution in [3.05, 3.63) is 58.9 Å². The SMILES string of the molecule is Cc1ccc(SCC(=O)c2cc(F)ccc2O)cc1C. The first-order chi connectivity index (χ1) is 9.47. The van der Waals surface area contributed by atoms with Gasteiger partial charge in [0, 0.05) is 4.90 Å². The number of Topliss-reactive ketones (excluding diaryl/α,β-unsaturated/α-hetero) is 1. The highest BCUT2D eigenvalue weighted by molar-refractivity contribution is 8.00. The predicted octanol–water partition coefficient (Wildman–Crippen LogP) is 4.12. The molecule has 2 aromatic carbocycles. The van der Waals surface area contributed by atoms with Gasteiger partial charge in [-0.2, -0.15) is 0 Å². The van der Waals surface area contributed by atoms with Crippen LogP contribution in [0.1, 0.15) is 21.5 Å². The van der Waals surface area contributed by atoms with Crippen LogP contribution < -0.4 is 0 Å². The third-order valence-electron chi connectivity index (χ3n) is 3.11. The molecule has 2 rings (SSSR count). The molecule has 0 radical (unpaired) electrons. The van der Waals surface area contributed by atoms with Crippen molar-refractivity contribution in [1.82, 2.24) is 0 Å². The Morgan fingerprint density at radius 1 is 1.15 bits per heavy atom. The Kier molecular flexibility index (Phi) is 4.45. The Balaban J connectivity index is 2.08. The predicted molar refractivity (Wildman–Crippen MR) is 79.0 cm³/mol. The topological polar surface area (TPSA) is 37.3 Å². The number of aromatic hydroxyl groups is 1. The molecule has 2 nitrogen and oxygen atoms in total. The number of carbonyl (C=O) groups is 1. The second kappa shape index (κ2) is 6.09. The third kappa shape index (κ3) is 3.39. The average Bonchev–Trinajstić information content (AvgIpc) is 2.42. The molecule has 0 bridgehead atoms. The molecule has 1 N–H and O–H groups in total. The van der Waals surface area contributed by atoms with Crippen molar-refractivity contribution in [3.63, 3.8) is 0 Å². The lowest BCUT2D eigenvalue weighted by atomic mass is 10.1. The summed E-state index contributed by atoms with van der Waals surface area (Å²) in [6, 6.07) is 9.36. The van der Waals surface area contributed by atoms with Gasteiger partial charge in [0.05, 0.1) is 11.3 Å². The van der Waals surface area contributed by atoms with E-state index in [0.717, 1.165) is 22.6 Å². The van der Waals surface area contributed by atoms with E-state index in [9.17, 15) is 14.3 Å². The zero-order chi connectivity index (χ0) is 14.7. The second-order valence-electron chi connectivity index (χ2n) is 4.62. The molecule has 0 aromatic heterocycles. The van der Waals surface area contributed by atoms with E-state index in [1.54, 1.807) is 0 Å². The van der Waals surface area contributed by atoms with Gasteiger partial charge >= 0.3 is 0 Å². The number of aryl methyl sites for hydroxylation is 2. The second-order valence-corrected chi connectivity index (χ2v) is 5.67. The van der Waals surface area contributed by atoms with Crippen molar-refractivity contribution < 1.29 is 14.3 Å². The van der Waals surface area contributed by atoms with Crippen LogP contribution in [0.4, 0.5) is 4.39 Å². The van der Waals surface area contributed by atoms with Crippen molar-refractivity contribution in [1.29, 1.82) is 0 Å². The van der Waals surface area contributed by atoms with Crippen LogP contribution in [0, 0.1) is 19.7 Å². The van der Waals surface area contributed by atoms with Crippen LogP contribution >= 0.6 is 11.8 Å². The molecular formula is C16H15FO2S. The largest absolute Gasteiger partial charge is 0.507 e. The fraction of sp³-hybridized carbons (Fsp3) is 0.188. The lowest BCUT2D eigenvalue weighted by Crippen LogP contribution is -2.03. The molecule has 104 valence electrons. The summed E-state index contributed by atoms with van der Waals surface area (Å²) in [5, 5.41) is 9.59. The molecule has 0 heterocycles. The summed E-state index contributed by atoms with van der Waals surface area (Å²) in [6.45, 7) is 4.04. The maximum Gasteiger partial charge on any atom is 0.176 e. The van der Waals surface area contributed by atoms with E-state index in [0.29, 0.717) is 0 Å². The highest BCUT2D eigenvalue weighted by Gasteiger charge is 2.12. The van der Waals surface area contributed by atoms with E-state index in [-0.39, 0.29) is 22.8 Å². The zero-order valence-corrected chi connectivity index (χ0v) is 12.1. The quantitative estimate of drug-likeness (QED) is 0.679. The van der Waals surface area contributed by atoms with Crippen LogP contribution in [0.3, 0.4) is 0 Å². The lowest BCUT2D eigenvalue weighted by molar-refractivity contribution is 0.101. The summed E-state index contributed by atoms with van der Waals surface area (Å²) in [4.78, 5) is 13.0. The molecule has 4 heteroatoms. The van der Waals surface area contributed by atoms with E-state index in [1.165, 1.54) is 23.4 Å². The fourth-order valence-electron chi connectivity index (χ4n) is 1.76. The van der Waals surface area contributed by atoms with E-state index in [1.807, 2.05) is 32.0 Å². The number of carbonyl (C=O) groups excluding carboxylic acids is 1. The maximum atomic E-state index is 13.1. The van der Waals surface area contributed by atoms with Crippen molar-refractivity contribution in [2.75, 3.05) is 5.75 Å². The molecule has 20 heavy (non-hydrogen) atoms. The van der Waals surface area contributed by atoms with Crippen LogP contribution in [0.5, 0.6) is 5.75 Å². The highest BCUT2D eigenvalue weighted by atomic mass is 32.2. The summed E-state index contributed by atoms with van der Waals surface area (Å²) in [6.07, 6.45) is 0. The molecule has 0 aliphatic carbocycles. The molecule has 0 saturated carbocycles. The van der Waals surface area contributed by atoms with Gasteiger partial charge in [-0.1, -0.05) is 6.07 Å². The first-order valence-corrected chi connectivity index (χ1v) is 7.17. The number of hydrogen-bond acceptors (Lipinski definition) is 3. The van der Waals surface area contributed by atoms with Gasteiger partial charge in [0.15, 0.2) is 5.78 Å². The smallest absolute Gasteiger partial charge is 0.176 e. The Hall–Kier alpha value is -1.81. The van der Waals surface area contributed by atoms with Crippen molar-refractivity contribution >= 4 is 17.5 Å². The minimum Gasteiger partial charge on any atom is -0.507 e. The Bertz CT molecular complexity index is 653. The number of hydrogen-bond donors (Lipinski definition) is 1. The fourth-order valence-corrected chi connectivity index (χ4v) is 2.64. The number of rotatable bonds is 4. The molecule has 2 aromatic rings. The summed E-state index contributed by atoms with van der Waals surface area (Å²) < 4.78 is 13.1. The molecule has 0 aliphatic heterocycles. The number of benzene rings is 2. The van der Waals surface area contributed by atoms with E-state index < -0.39 is 5.82 Å². The van der Waals surface area contributed by atoms with Gasteiger partial charge in [-0.25, -0.2) is 4.39 Å². The average molecular weight is 290 g/mol. The van der Waals surface area contributed by atoms with E-state index in [2.05, 4.69) is 0 Å². The van der Waals surface area contributed by atoms with Gasteiger partial charge in [0.2, 0.25) is 0 Å². The number of thioether (sulfide) groups is 1. The summed E-state index contributed by atoms with van der Waals surface area (Å²) >= 11 is 1.38. The summed E-state index contributed by atoms with van der Waals surface area (Å²) in [5.41, 5.74) is 2.39. The van der Waals surface area contributed by atoms with E-state index >= 15 is 0 Å². The number of phenolic OH excluding ortho intramolecular Hbond substituents is 1. The normalized spacial score (nSPS) is 10.6. The highest BCUT2D eigenvalue weighted by Crippen LogP contribution is 2.24. The van der Waals surface area contributed by atoms with Crippen LogP contribution in [0.2, 0.25) is 0 Å². The monoisotopic (exact) mass is 290 g/mol. The minimum absolute atomic E-state index is 0.0290. The van der Waals surface area contributed by atoms with Crippen LogP contribution in [-0.4, -0.2) is 16.6 Å². The molecule has 0 spiro atoms. The van der Waals surface area contributed by atoms with Crippen LogP contribution in [0.15, 0.2) is 41.3 Å². The molecule has 0 amide bonds. The Labute approximate surface area is 121 Å². The molecule has 0 aliphatic rings. The molecule has 0 saturated heterocycles. The third-order valence-corrected chi connectivity index (χ3v) is 4.10. The first kappa shape index (κ1) is 14.6. The van der Waals surface area contributed by atoms with Crippen molar-refractivity contribution in [2.24, 2.45) is 0 Å². The molecular weight excluding hydrogens is 275 g/mol. The van der Waals surface area contributed by atoms with Gasteiger partial charge in [-0.3, -0.25) is 4.79 Å². The van der Waals surface area contributed by atoms with Crippen LogP contribution in [0.25, 0.3) is 0 Å². The van der Waals surface area contributed by atoms with Gasteiger partial charge in [-0.15, -0.1) is 11.8 Å². The molecule has 0 unspecified atom stereocenters. The number of phenols is 1. The zero-order valence-electron chi connectivity index (χ0n) is 11.3. The lowest BCUT2D eigenvalue weighted by Gasteiger charge is -2.06. The molecule has 0 atom stereocenters. The van der Waals surface area contributed by atoms with Crippen LogP contribution in [-0.2, 0) is 0 Å². The van der Waals surface area contributed by atoms with Crippen molar-refractivity contribution in [3.8, 4) is 5.75 Å². The Morgan fingerprint density at radius 3 is 2.60 bits per heavy atom. The van der Waals surface area contributed by atoms with Crippen molar-refractivity contribution in [2.45, 2.75) is 18.7 Å². The summed E-state index contributed by atoms with van der Waals surface area (Å²) in [7, 11) is 0. The minimum atomic E-state index is -0.526. The standard InChI is InChI=1S/C16H15FO2S/c1-10-3-5-13(7-11(10)2)20-9-16(19)14-8-12(17)4-6-15(14)18/h3-8,18H,9H2,1-2H3. The van der Waals surface area contributed by atoms with Gasteiger partial charge in [0.25, 0.3) is 0 Å². The number of halogens is 1. The summed E-state index contributed by atoms with van der Waals surface area (Å²) in [5.74, 6) is -0.830. The maximum absolute atomic E-state index is 13.1. The van der Waals surface area contributed by atoms with E-state index in [4.69, 9.17) is 0 Å². The van der Waals surface area contributed by atoms with Gasteiger partial charge < -0.3 is 5.11 Å². The van der Waals surface area contributed by atoms with Gasteiger partial charge in [0.1, 0.15) is 11.6 Å². The first-order valence-electron chi connectivity index (χ1n) is 6.19. The van der Waals surface area contributed by atoms with Gasteiger partial charge in [-0.05, 0) is 55.3 Å². The Morgan fingerprint density at radius 2 is 1.90 bits per heavy atom. The molecule has 0 fully saturated rings. The number of ketones is 1.